The SMILES string of the molecule is COc1ccc(/C=C/C(=O)O[C@H]2C[C@@H](O)[C@H](O)[C@@H](O)[C@H]2O)cc1O. The average Bonchev–Trinajstić information content (AvgIpc) is 2.56. The van der Waals surface area contributed by atoms with Crippen molar-refractivity contribution in [2.45, 2.75) is 36.9 Å². The third-order valence-electron chi connectivity index (χ3n) is 3.83. The number of carbonyl (C=O) groups excluding carboxylic acids is 1. The van der Waals surface area contributed by atoms with Crippen molar-refractivity contribution in [1.82, 2.24) is 0 Å². The first kappa shape index (κ1) is 18.2. The van der Waals surface area contributed by atoms with E-state index in [4.69, 9.17) is 9.47 Å². The van der Waals surface area contributed by atoms with Crippen LogP contribution in [0.1, 0.15) is 12.0 Å². The summed E-state index contributed by atoms with van der Waals surface area (Å²) in [6.07, 6.45) is -4.76. The summed E-state index contributed by atoms with van der Waals surface area (Å²) in [5.74, 6) is -0.595. The van der Waals surface area contributed by atoms with Crippen LogP contribution >= 0.6 is 0 Å². The Labute approximate surface area is 138 Å². The van der Waals surface area contributed by atoms with E-state index in [1.54, 1.807) is 6.07 Å². The summed E-state index contributed by atoms with van der Waals surface area (Å²) in [5.41, 5.74) is 0.518. The van der Waals surface area contributed by atoms with Crippen LogP contribution in [0.5, 0.6) is 11.5 Å². The second-order valence-electron chi connectivity index (χ2n) is 5.51. The average molecular weight is 340 g/mol. The Morgan fingerprint density at radius 2 is 1.88 bits per heavy atom. The highest BCUT2D eigenvalue weighted by Crippen LogP contribution is 2.27. The number of esters is 1. The number of phenolic OH excluding ortho intramolecular Hbond substituents is 1. The highest BCUT2D eigenvalue weighted by molar-refractivity contribution is 5.87. The Bertz CT molecular complexity index is 614. The summed E-state index contributed by atoms with van der Waals surface area (Å²) in [5, 5.41) is 48.0. The van der Waals surface area contributed by atoms with Gasteiger partial charge in [-0.1, -0.05) is 6.07 Å². The van der Waals surface area contributed by atoms with E-state index < -0.39 is 36.5 Å². The number of benzene rings is 1. The van der Waals surface area contributed by atoms with Crippen LogP contribution in [0.4, 0.5) is 0 Å². The quantitative estimate of drug-likeness (QED) is 0.354. The van der Waals surface area contributed by atoms with Gasteiger partial charge in [0, 0.05) is 12.5 Å². The van der Waals surface area contributed by atoms with Crippen LogP contribution in [0.2, 0.25) is 0 Å². The third-order valence-corrected chi connectivity index (χ3v) is 3.83. The summed E-state index contributed by atoms with van der Waals surface area (Å²) in [7, 11) is 1.41. The Hall–Kier alpha value is -2.13. The van der Waals surface area contributed by atoms with Crippen molar-refractivity contribution in [3.8, 4) is 11.5 Å². The highest BCUT2D eigenvalue weighted by atomic mass is 16.6. The standard InChI is InChI=1S/C16H20O8/c1-23-11-4-2-8(6-9(11)17)3-5-13(19)24-12-7-10(18)14(20)16(22)15(12)21/h2-6,10,12,14-18,20-22H,7H2,1H3/b5-3+/t10-,12+,14+,15+,16-/m1/s1. The van der Waals surface area contributed by atoms with Crippen molar-refractivity contribution >= 4 is 12.0 Å². The normalized spacial score (nSPS) is 30.3. The number of aliphatic hydroxyl groups is 4. The molecule has 0 unspecified atom stereocenters. The summed E-state index contributed by atoms with van der Waals surface area (Å²) < 4.78 is 9.90. The van der Waals surface area contributed by atoms with Gasteiger partial charge in [0.25, 0.3) is 0 Å². The molecule has 0 heterocycles. The molecule has 1 aromatic rings. The number of hydrogen-bond donors (Lipinski definition) is 5. The first-order chi connectivity index (χ1) is 11.3. The molecule has 1 fully saturated rings. The molecule has 5 N–H and O–H groups in total. The van der Waals surface area contributed by atoms with Crippen LogP contribution in [0.3, 0.4) is 0 Å². The number of aromatic hydroxyl groups is 1. The molecule has 1 aliphatic carbocycles. The molecule has 132 valence electrons. The smallest absolute Gasteiger partial charge is 0.331 e. The van der Waals surface area contributed by atoms with E-state index in [0.717, 1.165) is 6.08 Å². The second-order valence-corrected chi connectivity index (χ2v) is 5.51. The van der Waals surface area contributed by atoms with Gasteiger partial charge in [-0.2, -0.15) is 0 Å². The summed E-state index contributed by atoms with van der Waals surface area (Å²) >= 11 is 0. The van der Waals surface area contributed by atoms with Gasteiger partial charge in [-0.25, -0.2) is 4.79 Å². The number of methoxy groups -OCH3 is 1. The summed E-state index contributed by atoms with van der Waals surface area (Å²) in [4.78, 5) is 11.8. The second kappa shape index (κ2) is 7.63. The lowest BCUT2D eigenvalue weighted by atomic mass is 9.87. The Balaban J connectivity index is 1.98. The zero-order valence-electron chi connectivity index (χ0n) is 12.9. The van der Waals surface area contributed by atoms with Gasteiger partial charge < -0.3 is 35.0 Å². The zero-order valence-corrected chi connectivity index (χ0v) is 12.9. The molecule has 0 saturated heterocycles. The van der Waals surface area contributed by atoms with Crippen LogP contribution in [-0.4, -0.2) is 69.1 Å². The fourth-order valence-corrected chi connectivity index (χ4v) is 2.45. The lowest BCUT2D eigenvalue weighted by molar-refractivity contribution is -0.193. The maximum Gasteiger partial charge on any atom is 0.331 e. The maximum atomic E-state index is 11.8. The monoisotopic (exact) mass is 340 g/mol. The molecule has 0 bridgehead atoms. The van der Waals surface area contributed by atoms with Gasteiger partial charge in [0.2, 0.25) is 0 Å². The highest BCUT2D eigenvalue weighted by Gasteiger charge is 2.43. The van der Waals surface area contributed by atoms with Gasteiger partial charge in [0.1, 0.15) is 24.4 Å². The number of carbonyl (C=O) groups is 1. The molecule has 1 saturated carbocycles. The lowest BCUT2D eigenvalue weighted by Crippen LogP contribution is -2.56. The van der Waals surface area contributed by atoms with E-state index in [9.17, 15) is 30.3 Å². The van der Waals surface area contributed by atoms with Crippen molar-refractivity contribution in [2.24, 2.45) is 0 Å². The van der Waals surface area contributed by atoms with Crippen molar-refractivity contribution in [3.63, 3.8) is 0 Å². The Kier molecular flexibility index (Phi) is 5.79. The minimum absolute atomic E-state index is 0.0871. The minimum atomic E-state index is -1.60. The number of aliphatic hydroxyl groups excluding tert-OH is 4. The minimum Gasteiger partial charge on any atom is -0.504 e. The van der Waals surface area contributed by atoms with Crippen molar-refractivity contribution in [1.29, 1.82) is 0 Å². The van der Waals surface area contributed by atoms with E-state index in [1.165, 1.54) is 25.3 Å². The first-order valence-electron chi connectivity index (χ1n) is 7.31. The first-order valence-corrected chi connectivity index (χ1v) is 7.31. The van der Waals surface area contributed by atoms with E-state index in [2.05, 4.69) is 0 Å². The molecular weight excluding hydrogens is 320 g/mol. The molecule has 1 aromatic carbocycles. The molecular formula is C16H20O8. The molecule has 2 rings (SSSR count). The van der Waals surface area contributed by atoms with Gasteiger partial charge in [-0.3, -0.25) is 0 Å². The number of ether oxygens (including phenoxy) is 2. The van der Waals surface area contributed by atoms with Crippen LogP contribution in [0.15, 0.2) is 24.3 Å². The largest absolute Gasteiger partial charge is 0.504 e. The van der Waals surface area contributed by atoms with Crippen LogP contribution in [-0.2, 0) is 9.53 Å². The van der Waals surface area contributed by atoms with E-state index in [0.29, 0.717) is 11.3 Å². The number of hydrogen-bond acceptors (Lipinski definition) is 8. The van der Waals surface area contributed by atoms with Crippen LogP contribution < -0.4 is 4.74 Å². The predicted octanol–water partition coefficient (Wildman–Crippen LogP) is -0.827. The van der Waals surface area contributed by atoms with Crippen LogP contribution in [0, 0.1) is 0 Å². The molecule has 8 heteroatoms. The molecule has 1 aliphatic rings. The molecule has 0 amide bonds. The fourth-order valence-electron chi connectivity index (χ4n) is 2.45. The summed E-state index contributed by atoms with van der Waals surface area (Å²) in [6, 6.07) is 4.53. The maximum absolute atomic E-state index is 11.8. The molecule has 8 nitrogen and oxygen atoms in total. The lowest BCUT2D eigenvalue weighted by Gasteiger charge is -2.37. The van der Waals surface area contributed by atoms with Gasteiger partial charge in [-0.15, -0.1) is 0 Å². The third kappa shape index (κ3) is 4.04. The van der Waals surface area contributed by atoms with Crippen molar-refractivity contribution in [3.05, 3.63) is 29.8 Å². The molecule has 24 heavy (non-hydrogen) atoms. The Morgan fingerprint density at radius 3 is 2.50 bits per heavy atom. The van der Waals surface area contributed by atoms with E-state index in [-0.39, 0.29) is 12.2 Å². The fraction of sp³-hybridized carbons (Fsp3) is 0.438. The van der Waals surface area contributed by atoms with Gasteiger partial charge in [0.05, 0.1) is 13.2 Å². The van der Waals surface area contributed by atoms with Crippen LogP contribution in [0.25, 0.3) is 6.08 Å². The number of rotatable bonds is 4. The van der Waals surface area contributed by atoms with E-state index in [1.807, 2.05) is 0 Å². The molecule has 0 aromatic heterocycles. The van der Waals surface area contributed by atoms with Crippen molar-refractivity contribution in [2.75, 3.05) is 7.11 Å². The molecule has 0 radical (unpaired) electrons. The molecule has 0 aliphatic heterocycles. The molecule has 5 atom stereocenters. The van der Waals surface area contributed by atoms with Crippen molar-refractivity contribution < 1.29 is 39.8 Å². The zero-order chi connectivity index (χ0) is 17.9. The number of phenols is 1. The van der Waals surface area contributed by atoms with E-state index >= 15 is 0 Å². The van der Waals surface area contributed by atoms with Gasteiger partial charge in [-0.05, 0) is 23.8 Å². The summed E-state index contributed by atoms with van der Waals surface area (Å²) in [6.45, 7) is 0. The van der Waals surface area contributed by atoms with Gasteiger partial charge in [0.15, 0.2) is 11.5 Å². The molecule has 0 spiro atoms. The topological polar surface area (TPSA) is 137 Å². The predicted molar refractivity (Wildman–Crippen MR) is 82.2 cm³/mol. The van der Waals surface area contributed by atoms with Gasteiger partial charge >= 0.3 is 5.97 Å². The Morgan fingerprint density at radius 1 is 1.17 bits per heavy atom.